The standard InChI is InChI=1S/C26H26ClF2N3O4S/c1-18(17-36-26(33)32-14-12-31(13-15-32)24-4-2-3-11-30-24)25(22-16-20(28)7-10-23(22)29)37(34,35)21-8-5-19(27)6-9-21/h2-11,16,18,25H,12-15,17H2,1H3/t18-,25+/m1/s1. The number of amides is 1. The first-order valence-electron chi connectivity index (χ1n) is 11.7. The van der Waals surface area contributed by atoms with Gasteiger partial charge in [-0.3, -0.25) is 0 Å². The number of hydrogen-bond acceptors (Lipinski definition) is 6. The zero-order valence-electron chi connectivity index (χ0n) is 20.1. The molecule has 2 atom stereocenters. The second-order valence-corrected chi connectivity index (χ2v) is 11.3. The summed E-state index contributed by atoms with van der Waals surface area (Å²) in [6.45, 7) is 3.12. The van der Waals surface area contributed by atoms with Crippen molar-refractivity contribution < 1.29 is 26.7 Å². The van der Waals surface area contributed by atoms with Crippen LogP contribution in [0.2, 0.25) is 5.02 Å². The highest BCUT2D eigenvalue weighted by molar-refractivity contribution is 7.91. The summed E-state index contributed by atoms with van der Waals surface area (Å²) in [5.41, 5.74) is -0.331. The van der Waals surface area contributed by atoms with Gasteiger partial charge in [-0.15, -0.1) is 0 Å². The molecule has 0 spiro atoms. The number of sulfone groups is 1. The van der Waals surface area contributed by atoms with Gasteiger partial charge in [-0.1, -0.05) is 24.6 Å². The van der Waals surface area contributed by atoms with Crippen molar-refractivity contribution in [3.63, 3.8) is 0 Å². The SMILES string of the molecule is C[C@H](COC(=O)N1CCN(c2ccccn2)CC1)[C@@H](c1cc(F)ccc1F)S(=O)(=O)c1ccc(Cl)cc1. The van der Waals surface area contributed by atoms with Gasteiger partial charge in [0.15, 0.2) is 9.84 Å². The molecule has 37 heavy (non-hydrogen) atoms. The lowest BCUT2D eigenvalue weighted by Gasteiger charge is -2.35. The van der Waals surface area contributed by atoms with Crippen LogP contribution in [-0.4, -0.2) is 57.2 Å². The van der Waals surface area contributed by atoms with E-state index < -0.39 is 38.7 Å². The molecule has 2 heterocycles. The molecular weight excluding hydrogens is 524 g/mol. The van der Waals surface area contributed by atoms with Gasteiger partial charge in [0.2, 0.25) is 0 Å². The predicted molar refractivity (Wildman–Crippen MR) is 136 cm³/mol. The van der Waals surface area contributed by atoms with E-state index in [4.69, 9.17) is 16.3 Å². The largest absolute Gasteiger partial charge is 0.449 e. The Bertz CT molecular complexity index is 1340. The Balaban J connectivity index is 1.48. The molecule has 7 nitrogen and oxygen atoms in total. The maximum atomic E-state index is 14.8. The highest BCUT2D eigenvalue weighted by Crippen LogP contribution is 2.37. The lowest BCUT2D eigenvalue weighted by Crippen LogP contribution is -2.49. The van der Waals surface area contributed by atoms with Crippen molar-refractivity contribution in [2.45, 2.75) is 17.1 Å². The topological polar surface area (TPSA) is 79.8 Å². The van der Waals surface area contributed by atoms with E-state index in [-0.39, 0.29) is 17.1 Å². The zero-order chi connectivity index (χ0) is 26.6. The number of aromatic nitrogens is 1. The smallest absolute Gasteiger partial charge is 0.409 e. The van der Waals surface area contributed by atoms with Crippen LogP contribution in [0.5, 0.6) is 0 Å². The van der Waals surface area contributed by atoms with Crippen LogP contribution in [0.25, 0.3) is 0 Å². The highest BCUT2D eigenvalue weighted by atomic mass is 35.5. The van der Waals surface area contributed by atoms with Crippen LogP contribution >= 0.6 is 11.6 Å². The van der Waals surface area contributed by atoms with E-state index >= 15 is 0 Å². The minimum absolute atomic E-state index is 0.102. The summed E-state index contributed by atoms with van der Waals surface area (Å²) in [4.78, 5) is 20.5. The van der Waals surface area contributed by atoms with Crippen molar-refractivity contribution in [3.05, 3.63) is 89.1 Å². The molecule has 1 amide bonds. The zero-order valence-corrected chi connectivity index (χ0v) is 21.6. The Morgan fingerprint density at radius 1 is 1.05 bits per heavy atom. The third kappa shape index (κ3) is 6.19. The normalized spacial score (nSPS) is 15.8. The first kappa shape index (κ1) is 26.8. The molecule has 4 rings (SSSR count). The molecule has 0 radical (unpaired) electrons. The number of carbonyl (C=O) groups is 1. The van der Waals surface area contributed by atoms with Crippen LogP contribution in [0.1, 0.15) is 17.7 Å². The number of benzene rings is 2. The van der Waals surface area contributed by atoms with E-state index in [0.29, 0.717) is 31.2 Å². The molecular formula is C26H26ClF2N3O4S. The van der Waals surface area contributed by atoms with Crippen molar-refractivity contribution in [3.8, 4) is 0 Å². The van der Waals surface area contributed by atoms with E-state index in [9.17, 15) is 22.0 Å². The number of halogens is 3. The molecule has 0 bridgehead atoms. The van der Waals surface area contributed by atoms with Gasteiger partial charge in [-0.05, 0) is 54.6 Å². The molecule has 1 saturated heterocycles. The molecule has 2 aromatic carbocycles. The minimum Gasteiger partial charge on any atom is -0.449 e. The Morgan fingerprint density at radius 3 is 2.41 bits per heavy atom. The molecule has 11 heteroatoms. The maximum absolute atomic E-state index is 14.8. The predicted octanol–water partition coefficient (Wildman–Crippen LogP) is 5.12. The summed E-state index contributed by atoms with van der Waals surface area (Å²) in [6.07, 6.45) is 1.10. The van der Waals surface area contributed by atoms with Crippen molar-refractivity contribution in [1.82, 2.24) is 9.88 Å². The van der Waals surface area contributed by atoms with Crippen LogP contribution in [0.3, 0.4) is 0 Å². The van der Waals surface area contributed by atoms with Crippen LogP contribution in [0.15, 0.2) is 71.8 Å². The van der Waals surface area contributed by atoms with Crippen molar-refractivity contribution in [2.75, 3.05) is 37.7 Å². The summed E-state index contributed by atoms with van der Waals surface area (Å²) < 4.78 is 61.4. The number of rotatable bonds is 7. The fraction of sp³-hybridized carbons (Fsp3) is 0.308. The lowest BCUT2D eigenvalue weighted by atomic mass is 10.0. The number of carbonyl (C=O) groups excluding carboxylic acids is 1. The van der Waals surface area contributed by atoms with E-state index in [2.05, 4.69) is 4.98 Å². The Kier molecular flexibility index (Phi) is 8.29. The quantitative estimate of drug-likeness (QED) is 0.407. The van der Waals surface area contributed by atoms with Gasteiger partial charge in [-0.2, -0.15) is 0 Å². The minimum atomic E-state index is -4.20. The van der Waals surface area contributed by atoms with Gasteiger partial charge in [0.05, 0.1) is 16.8 Å². The summed E-state index contributed by atoms with van der Waals surface area (Å²) in [6, 6.07) is 13.7. The highest BCUT2D eigenvalue weighted by Gasteiger charge is 2.37. The molecule has 0 N–H and O–H groups in total. The van der Waals surface area contributed by atoms with Crippen LogP contribution in [-0.2, 0) is 14.6 Å². The first-order chi connectivity index (χ1) is 17.7. The number of nitrogens with zero attached hydrogens (tertiary/aromatic N) is 3. The average molecular weight is 550 g/mol. The third-order valence-electron chi connectivity index (χ3n) is 6.24. The molecule has 196 valence electrons. The van der Waals surface area contributed by atoms with E-state index in [1.54, 1.807) is 6.20 Å². The van der Waals surface area contributed by atoms with Gasteiger partial charge >= 0.3 is 6.09 Å². The van der Waals surface area contributed by atoms with Gasteiger partial charge in [0, 0.05) is 48.9 Å². The molecule has 1 fully saturated rings. The Hall–Kier alpha value is -3.24. The number of piperazine rings is 1. The van der Waals surface area contributed by atoms with Gasteiger partial charge < -0.3 is 14.5 Å². The molecule has 1 aromatic heterocycles. The molecule has 0 unspecified atom stereocenters. The van der Waals surface area contributed by atoms with Crippen molar-refractivity contribution >= 4 is 33.3 Å². The molecule has 1 aliphatic rings. The fourth-order valence-electron chi connectivity index (χ4n) is 4.32. The fourth-order valence-corrected chi connectivity index (χ4v) is 6.46. The third-order valence-corrected chi connectivity index (χ3v) is 8.81. The Morgan fingerprint density at radius 2 is 1.76 bits per heavy atom. The maximum Gasteiger partial charge on any atom is 0.409 e. The number of hydrogen-bond donors (Lipinski definition) is 0. The van der Waals surface area contributed by atoms with Crippen LogP contribution < -0.4 is 4.90 Å². The van der Waals surface area contributed by atoms with E-state index in [1.807, 2.05) is 23.1 Å². The number of pyridine rings is 1. The van der Waals surface area contributed by atoms with Gasteiger partial charge in [0.1, 0.15) is 17.5 Å². The summed E-state index contributed by atoms with van der Waals surface area (Å²) in [7, 11) is -4.20. The Labute approximate surface area is 219 Å². The number of ether oxygens (including phenoxy) is 1. The monoisotopic (exact) mass is 549 g/mol. The summed E-state index contributed by atoms with van der Waals surface area (Å²) >= 11 is 5.90. The summed E-state index contributed by atoms with van der Waals surface area (Å²) in [5.74, 6) is -1.72. The molecule has 0 aliphatic carbocycles. The van der Waals surface area contributed by atoms with Crippen LogP contribution in [0.4, 0.5) is 19.4 Å². The lowest BCUT2D eigenvalue weighted by molar-refractivity contribution is 0.0869. The molecule has 1 aliphatic heterocycles. The second kappa shape index (κ2) is 11.4. The number of anilines is 1. The summed E-state index contributed by atoms with van der Waals surface area (Å²) in [5, 5.41) is -1.17. The van der Waals surface area contributed by atoms with Crippen molar-refractivity contribution in [1.29, 1.82) is 0 Å². The molecule has 3 aromatic rings. The van der Waals surface area contributed by atoms with E-state index in [1.165, 1.54) is 36.1 Å². The second-order valence-electron chi connectivity index (χ2n) is 8.80. The van der Waals surface area contributed by atoms with Gasteiger partial charge in [0.25, 0.3) is 0 Å². The average Bonchev–Trinajstić information content (AvgIpc) is 2.90. The van der Waals surface area contributed by atoms with E-state index in [0.717, 1.165) is 24.0 Å². The van der Waals surface area contributed by atoms with Crippen molar-refractivity contribution in [2.24, 2.45) is 5.92 Å². The van der Waals surface area contributed by atoms with Gasteiger partial charge in [-0.25, -0.2) is 27.0 Å². The first-order valence-corrected chi connectivity index (χ1v) is 13.6. The molecule has 0 saturated carbocycles. The van der Waals surface area contributed by atoms with Crippen LogP contribution in [0, 0.1) is 17.6 Å².